The second-order valence-corrected chi connectivity index (χ2v) is 4.29. The van der Waals surface area contributed by atoms with Crippen molar-refractivity contribution in [3.05, 3.63) is 28.8 Å². The molecule has 14 heavy (non-hydrogen) atoms. The minimum absolute atomic E-state index is 0.317. The van der Waals surface area contributed by atoms with Crippen molar-refractivity contribution in [2.45, 2.75) is 46.1 Å². The van der Waals surface area contributed by atoms with Crippen LogP contribution in [0.5, 0.6) is 0 Å². The van der Waals surface area contributed by atoms with E-state index in [0.717, 1.165) is 11.5 Å². The van der Waals surface area contributed by atoms with Gasteiger partial charge >= 0.3 is 5.54 Å². The number of hydrogen-bond donors (Lipinski definition) is 0. The monoisotopic (exact) mass is 192 g/mol. The molecule has 1 aromatic rings. The van der Waals surface area contributed by atoms with Crippen molar-refractivity contribution < 1.29 is 4.42 Å². The van der Waals surface area contributed by atoms with E-state index in [9.17, 15) is 0 Å². The Balaban J connectivity index is 3.16. The third-order valence-electron chi connectivity index (χ3n) is 2.16. The molecule has 0 aliphatic carbocycles. The second kappa shape index (κ2) is 3.45. The van der Waals surface area contributed by atoms with Crippen molar-refractivity contribution in [1.29, 1.82) is 0 Å². The normalized spacial score (nSPS) is 11.8. The van der Waals surface area contributed by atoms with Gasteiger partial charge in [-0.25, -0.2) is 11.6 Å². The van der Waals surface area contributed by atoms with E-state index in [1.54, 1.807) is 0 Å². The topological polar surface area (TPSA) is 30.4 Å². The molecule has 0 atom stereocenters. The average molecular weight is 192 g/mol. The summed E-state index contributed by atoms with van der Waals surface area (Å²) < 4.78 is 5.61. The Kier molecular flexibility index (Phi) is 2.66. The summed E-state index contributed by atoms with van der Waals surface area (Å²) in [6.07, 6.45) is 0. The quantitative estimate of drug-likeness (QED) is 0.673. The number of hydrogen-bond acceptors (Lipinski definition) is 2. The first-order valence-electron chi connectivity index (χ1n) is 4.75. The minimum Gasteiger partial charge on any atom is -0.438 e. The van der Waals surface area contributed by atoms with Gasteiger partial charge in [-0.2, -0.15) is 0 Å². The van der Waals surface area contributed by atoms with Gasteiger partial charge in [-0.3, -0.25) is 0 Å². The fourth-order valence-electron chi connectivity index (χ4n) is 1.25. The highest BCUT2D eigenvalue weighted by Crippen LogP contribution is 2.28. The molecule has 0 aromatic carbocycles. The highest BCUT2D eigenvalue weighted by molar-refractivity contribution is 5.16. The van der Waals surface area contributed by atoms with Crippen LogP contribution in [0.3, 0.4) is 0 Å². The summed E-state index contributed by atoms with van der Waals surface area (Å²) in [7, 11) is 0. The van der Waals surface area contributed by atoms with Crippen molar-refractivity contribution in [1.82, 2.24) is 4.98 Å². The van der Waals surface area contributed by atoms with E-state index in [4.69, 9.17) is 11.0 Å². The van der Waals surface area contributed by atoms with Gasteiger partial charge in [-0.15, -0.1) is 0 Å². The number of oxazole rings is 1. The number of rotatable bonds is 2. The fourth-order valence-corrected chi connectivity index (χ4v) is 1.25. The van der Waals surface area contributed by atoms with E-state index in [-0.39, 0.29) is 0 Å². The lowest BCUT2D eigenvalue weighted by Gasteiger charge is -2.05. The molecular weight excluding hydrogens is 176 g/mol. The van der Waals surface area contributed by atoms with Gasteiger partial charge in [0, 0.05) is 19.8 Å². The number of aromatic nitrogens is 1. The Bertz CT molecular complexity index is 369. The maximum Gasteiger partial charge on any atom is 0.301 e. The molecule has 0 bridgehead atoms. The molecular formula is C11H16N2O. The average Bonchev–Trinajstić information content (AvgIpc) is 2.48. The first kappa shape index (κ1) is 10.8. The maximum absolute atomic E-state index is 7.05. The van der Waals surface area contributed by atoms with E-state index in [1.807, 2.05) is 20.8 Å². The summed E-state index contributed by atoms with van der Waals surface area (Å²) in [4.78, 5) is 7.79. The molecule has 0 spiro atoms. The molecule has 0 aliphatic rings. The summed E-state index contributed by atoms with van der Waals surface area (Å²) >= 11 is 0. The maximum atomic E-state index is 7.05. The molecule has 0 radical (unpaired) electrons. The zero-order valence-electron chi connectivity index (χ0n) is 9.38. The van der Waals surface area contributed by atoms with Crippen LogP contribution in [-0.2, 0) is 5.54 Å². The van der Waals surface area contributed by atoms with Crippen LogP contribution in [0, 0.1) is 13.5 Å². The van der Waals surface area contributed by atoms with E-state index in [2.05, 4.69) is 23.7 Å². The molecule has 1 rings (SSSR count). The van der Waals surface area contributed by atoms with Crippen LogP contribution >= 0.6 is 0 Å². The van der Waals surface area contributed by atoms with Crippen LogP contribution in [0.2, 0.25) is 0 Å². The SMILES string of the molecule is [C-]#[N+]C(C)(C)c1nc(C)c(C(C)C)o1. The second-order valence-electron chi connectivity index (χ2n) is 4.29. The van der Waals surface area contributed by atoms with Gasteiger partial charge in [0.15, 0.2) is 0 Å². The van der Waals surface area contributed by atoms with Gasteiger partial charge in [0.1, 0.15) is 5.76 Å². The highest BCUT2D eigenvalue weighted by Gasteiger charge is 2.33. The van der Waals surface area contributed by atoms with Crippen LogP contribution in [0.4, 0.5) is 0 Å². The summed E-state index contributed by atoms with van der Waals surface area (Å²) in [5, 5.41) is 0. The fraction of sp³-hybridized carbons (Fsp3) is 0.636. The van der Waals surface area contributed by atoms with E-state index >= 15 is 0 Å². The summed E-state index contributed by atoms with van der Waals surface area (Å²) in [6.45, 7) is 16.7. The van der Waals surface area contributed by atoms with Crippen molar-refractivity contribution in [3.63, 3.8) is 0 Å². The van der Waals surface area contributed by atoms with Crippen LogP contribution in [0.1, 0.15) is 51.0 Å². The lowest BCUT2D eigenvalue weighted by molar-refractivity contribution is 0.384. The van der Waals surface area contributed by atoms with Gasteiger partial charge in [-0.05, 0) is 6.92 Å². The Labute approximate surface area is 85.0 Å². The molecule has 0 N–H and O–H groups in total. The molecule has 0 saturated carbocycles. The molecule has 76 valence electrons. The smallest absolute Gasteiger partial charge is 0.301 e. The Morgan fingerprint density at radius 1 is 1.43 bits per heavy atom. The van der Waals surface area contributed by atoms with E-state index in [1.165, 1.54) is 0 Å². The first-order valence-corrected chi connectivity index (χ1v) is 4.75. The van der Waals surface area contributed by atoms with E-state index < -0.39 is 5.54 Å². The first-order chi connectivity index (χ1) is 6.38. The van der Waals surface area contributed by atoms with Gasteiger partial charge in [0.25, 0.3) is 5.89 Å². The van der Waals surface area contributed by atoms with Crippen molar-refractivity contribution >= 4 is 0 Å². The summed E-state index contributed by atoms with van der Waals surface area (Å²) in [5.41, 5.74) is 0.240. The van der Waals surface area contributed by atoms with Crippen LogP contribution < -0.4 is 0 Å². The molecule has 3 nitrogen and oxygen atoms in total. The Hall–Kier alpha value is -1.30. The third kappa shape index (κ3) is 1.79. The van der Waals surface area contributed by atoms with Gasteiger partial charge in [0.2, 0.25) is 0 Å². The molecule has 0 saturated heterocycles. The van der Waals surface area contributed by atoms with Crippen LogP contribution in [-0.4, -0.2) is 4.98 Å². The summed E-state index contributed by atoms with van der Waals surface area (Å²) in [6, 6.07) is 0. The predicted molar refractivity (Wildman–Crippen MR) is 55.0 cm³/mol. The van der Waals surface area contributed by atoms with Gasteiger partial charge in [0.05, 0.1) is 5.69 Å². The van der Waals surface area contributed by atoms with Gasteiger partial charge in [-0.1, -0.05) is 13.8 Å². The zero-order valence-corrected chi connectivity index (χ0v) is 9.38. The van der Waals surface area contributed by atoms with Crippen molar-refractivity contribution in [2.24, 2.45) is 0 Å². The molecule has 0 unspecified atom stereocenters. The molecule has 0 amide bonds. The third-order valence-corrected chi connectivity index (χ3v) is 2.16. The lowest BCUT2D eigenvalue weighted by Crippen LogP contribution is -2.11. The molecule has 1 aromatic heterocycles. The molecule has 0 fully saturated rings. The molecule has 3 heteroatoms. The van der Waals surface area contributed by atoms with Crippen molar-refractivity contribution in [3.8, 4) is 0 Å². The Morgan fingerprint density at radius 3 is 2.36 bits per heavy atom. The minimum atomic E-state index is -0.655. The molecule has 0 aliphatic heterocycles. The van der Waals surface area contributed by atoms with Crippen molar-refractivity contribution in [2.75, 3.05) is 0 Å². The standard InChI is InChI=1S/C11H16N2O/c1-7(2)9-8(3)13-10(14-9)11(4,5)12-6/h7H,1-5H3. The zero-order chi connectivity index (χ0) is 10.9. The highest BCUT2D eigenvalue weighted by atomic mass is 16.4. The van der Waals surface area contributed by atoms with Crippen LogP contribution in [0.25, 0.3) is 4.85 Å². The lowest BCUT2D eigenvalue weighted by atomic mass is 10.1. The largest absolute Gasteiger partial charge is 0.438 e. The van der Waals surface area contributed by atoms with Crippen LogP contribution in [0.15, 0.2) is 4.42 Å². The number of nitrogens with zero attached hydrogens (tertiary/aromatic N) is 2. The van der Waals surface area contributed by atoms with E-state index in [0.29, 0.717) is 11.8 Å². The Morgan fingerprint density at radius 2 is 2.00 bits per heavy atom. The molecule has 1 heterocycles. The predicted octanol–water partition coefficient (Wildman–Crippen LogP) is 3.26. The summed E-state index contributed by atoms with van der Waals surface area (Å²) in [5.74, 6) is 1.73. The van der Waals surface area contributed by atoms with Gasteiger partial charge < -0.3 is 9.26 Å². The number of aryl methyl sites for hydroxylation is 1.